The van der Waals surface area contributed by atoms with Crippen LogP contribution in [0.3, 0.4) is 0 Å². The maximum Gasteiger partial charge on any atom is 0.306 e. The highest BCUT2D eigenvalue weighted by atomic mass is 16.5. The van der Waals surface area contributed by atoms with Crippen LogP contribution < -0.4 is 5.32 Å². The number of aliphatic hydroxyl groups is 2. The van der Waals surface area contributed by atoms with Gasteiger partial charge in [0.05, 0.1) is 25.2 Å². The van der Waals surface area contributed by atoms with Crippen LogP contribution in [-0.4, -0.2) is 46.9 Å². The SMILES string of the molecule is CCCCC/C=C\C/C=C\C/C=C\C/C=C\CCCC(CC(=O)NC(CO)C(O)CCCCCCCCCCCCCCCC)OC(=O)CCCCCCCCCCCCCCCCCCC. The van der Waals surface area contributed by atoms with Gasteiger partial charge in [0.1, 0.15) is 6.10 Å². The molecule has 0 aromatic carbocycles. The minimum absolute atomic E-state index is 0.0431. The number of nitrogens with one attached hydrogen (secondary N) is 1. The second-order valence-corrected chi connectivity index (χ2v) is 20.1. The largest absolute Gasteiger partial charge is 0.462 e. The van der Waals surface area contributed by atoms with Crippen molar-refractivity contribution in [2.24, 2.45) is 0 Å². The quantitative estimate of drug-likeness (QED) is 0.0321. The van der Waals surface area contributed by atoms with E-state index < -0.39 is 18.2 Å². The van der Waals surface area contributed by atoms with E-state index in [2.05, 4.69) is 74.7 Å². The molecule has 3 atom stereocenters. The first-order valence-electron chi connectivity index (χ1n) is 29.4. The van der Waals surface area contributed by atoms with Crippen LogP contribution in [0.25, 0.3) is 0 Å². The number of unbranched alkanes of at least 4 members (excludes halogenated alkanes) is 33. The second-order valence-electron chi connectivity index (χ2n) is 20.1. The summed E-state index contributed by atoms with van der Waals surface area (Å²) in [5.41, 5.74) is 0. The predicted molar refractivity (Wildman–Crippen MR) is 292 cm³/mol. The summed E-state index contributed by atoms with van der Waals surface area (Å²) in [6, 6.07) is -0.718. The van der Waals surface area contributed by atoms with Crippen molar-refractivity contribution in [2.75, 3.05) is 6.61 Å². The first-order chi connectivity index (χ1) is 33.0. The molecule has 0 fully saturated rings. The molecule has 67 heavy (non-hydrogen) atoms. The molecule has 0 radical (unpaired) electrons. The summed E-state index contributed by atoms with van der Waals surface area (Å²) >= 11 is 0. The maximum absolute atomic E-state index is 13.3. The van der Waals surface area contributed by atoms with E-state index in [0.29, 0.717) is 19.3 Å². The van der Waals surface area contributed by atoms with Gasteiger partial charge in [-0.25, -0.2) is 0 Å². The predicted octanol–water partition coefficient (Wildman–Crippen LogP) is 18.2. The summed E-state index contributed by atoms with van der Waals surface area (Å²) < 4.78 is 5.94. The Morgan fingerprint density at radius 2 is 0.776 bits per heavy atom. The monoisotopic (exact) mass is 940 g/mol. The number of esters is 1. The number of aliphatic hydroxyl groups excluding tert-OH is 2. The molecule has 3 N–H and O–H groups in total. The van der Waals surface area contributed by atoms with Gasteiger partial charge in [-0.3, -0.25) is 9.59 Å². The topological polar surface area (TPSA) is 95.9 Å². The summed E-state index contributed by atoms with van der Waals surface area (Å²) in [7, 11) is 0. The lowest BCUT2D eigenvalue weighted by Crippen LogP contribution is -2.46. The van der Waals surface area contributed by atoms with E-state index in [-0.39, 0.29) is 24.9 Å². The van der Waals surface area contributed by atoms with Crippen molar-refractivity contribution in [1.29, 1.82) is 0 Å². The van der Waals surface area contributed by atoms with Gasteiger partial charge in [0.25, 0.3) is 0 Å². The van der Waals surface area contributed by atoms with Gasteiger partial charge in [-0.05, 0) is 64.2 Å². The van der Waals surface area contributed by atoms with Crippen LogP contribution >= 0.6 is 0 Å². The Hall–Kier alpha value is -2.18. The van der Waals surface area contributed by atoms with E-state index in [4.69, 9.17) is 4.74 Å². The number of allylic oxidation sites excluding steroid dienone is 8. The molecule has 0 aliphatic rings. The summed E-state index contributed by atoms with van der Waals surface area (Å²) in [5, 5.41) is 23.9. The molecule has 0 saturated carbocycles. The fraction of sp³-hybridized carbons (Fsp3) is 0.836. The molecule has 3 unspecified atom stereocenters. The average Bonchev–Trinajstić information content (AvgIpc) is 3.32. The van der Waals surface area contributed by atoms with Crippen LogP contribution in [-0.2, 0) is 14.3 Å². The van der Waals surface area contributed by atoms with Crippen LogP contribution in [0.2, 0.25) is 0 Å². The van der Waals surface area contributed by atoms with Crippen LogP contribution in [0.4, 0.5) is 0 Å². The first-order valence-corrected chi connectivity index (χ1v) is 29.4. The average molecular weight is 941 g/mol. The number of hydrogen-bond acceptors (Lipinski definition) is 5. The van der Waals surface area contributed by atoms with Gasteiger partial charge in [-0.1, -0.05) is 275 Å². The zero-order valence-electron chi connectivity index (χ0n) is 44.8. The van der Waals surface area contributed by atoms with E-state index in [1.165, 1.54) is 186 Å². The zero-order chi connectivity index (χ0) is 48.8. The fourth-order valence-electron chi connectivity index (χ4n) is 8.95. The molecule has 0 aromatic heterocycles. The molecule has 0 aliphatic heterocycles. The summed E-state index contributed by atoms with van der Waals surface area (Å²) in [5.74, 6) is -0.513. The molecule has 0 spiro atoms. The van der Waals surface area contributed by atoms with Gasteiger partial charge >= 0.3 is 5.97 Å². The third-order valence-electron chi connectivity index (χ3n) is 13.4. The van der Waals surface area contributed by atoms with Crippen molar-refractivity contribution in [3.05, 3.63) is 48.6 Å². The molecule has 0 rings (SSSR count). The van der Waals surface area contributed by atoms with Gasteiger partial charge in [0.15, 0.2) is 0 Å². The van der Waals surface area contributed by atoms with E-state index in [1.54, 1.807) is 0 Å². The van der Waals surface area contributed by atoms with E-state index in [1.807, 2.05) is 0 Å². The van der Waals surface area contributed by atoms with Crippen molar-refractivity contribution in [2.45, 2.75) is 322 Å². The number of hydrogen-bond donors (Lipinski definition) is 3. The fourth-order valence-corrected chi connectivity index (χ4v) is 8.95. The maximum atomic E-state index is 13.3. The molecule has 6 nitrogen and oxygen atoms in total. The number of carbonyl (C=O) groups excluding carboxylic acids is 2. The van der Waals surface area contributed by atoms with Gasteiger partial charge in [0.2, 0.25) is 5.91 Å². The van der Waals surface area contributed by atoms with Crippen molar-refractivity contribution in [3.63, 3.8) is 0 Å². The Bertz CT molecular complexity index is 1150. The van der Waals surface area contributed by atoms with E-state index in [0.717, 1.165) is 70.6 Å². The van der Waals surface area contributed by atoms with Crippen molar-refractivity contribution >= 4 is 11.9 Å². The van der Waals surface area contributed by atoms with Crippen molar-refractivity contribution in [3.8, 4) is 0 Å². The molecule has 0 aromatic rings. The van der Waals surface area contributed by atoms with Gasteiger partial charge in [-0.2, -0.15) is 0 Å². The Balaban J connectivity index is 4.63. The van der Waals surface area contributed by atoms with Crippen LogP contribution in [0.1, 0.15) is 303 Å². The van der Waals surface area contributed by atoms with Crippen LogP contribution in [0, 0.1) is 0 Å². The summed E-state index contributed by atoms with van der Waals surface area (Å²) in [4.78, 5) is 26.3. The highest BCUT2D eigenvalue weighted by Gasteiger charge is 2.24. The first kappa shape index (κ1) is 64.8. The minimum Gasteiger partial charge on any atom is -0.462 e. The lowest BCUT2D eigenvalue weighted by Gasteiger charge is -2.24. The second kappa shape index (κ2) is 54.8. The van der Waals surface area contributed by atoms with Gasteiger partial charge in [-0.15, -0.1) is 0 Å². The third kappa shape index (κ3) is 50.0. The Morgan fingerprint density at radius 1 is 0.433 bits per heavy atom. The molecule has 6 heteroatoms. The highest BCUT2D eigenvalue weighted by Crippen LogP contribution is 2.18. The lowest BCUT2D eigenvalue weighted by molar-refractivity contribution is -0.151. The minimum atomic E-state index is -0.801. The summed E-state index contributed by atoms with van der Waals surface area (Å²) in [6.07, 6.45) is 67.5. The van der Waals surface area contributed by atoms with E-state index in [9.17, 15) is 19.8 Å². The number of ether oxygens (including phenoxy) is 1. The van der Waals surface area contributed by atoms with E-state index >= 15 is 0 Å². The smallest absolute Gasteiger partial charge is 0.306 e. The van der Waals surface area contributed by atoms with Gasteiger partial charge in [0, 0.05) is 6.42 Å². The standard InChI is InChI=1S/C61H113NO5/c1-4-7-10-13-16-19-22-25-28-30-32-34-37-40-43-46-49-52-57(67-61(66)54-51-48-45-42-39-36-33-31-29-26-23-20-17-14-11-8-5-2)55-60(65)62-58(56-63)59(64)53-50-47-44-41-38-35-27-24-21-18-15-12-9-6-3/h16,19,25,28,32,34,40,43,57-59,63-64H,4-15,17-18,20-24,26-27,29-31,33,35-39,41-42,44-56H2,1-3H3,(H,62,65)/b19-16-,28-25-,34-32-,43-40-. The molecule has 0 heterocycles. The Kier molecular flexibility index (Phi) is 53.0. The lowest BCUT2D eigenvalue weighted by atomic mass is 10.0. The van der Waals surface area contributed by atoms with Gasteiger partial charge < -0.3 is 20.3 Å². The number of amides is 1. The molecule has 0 saturated heterocycles. The molecular formula is C61H113NO5. The Labute approximate surface area is 416 Å². The highest BCUT2D eigenvalue weighted by molar-refractivity contribution is 5.77. The van der Waals surface area contributed by atoms with Crippen LogP contribution in [0.5, 0.6) is 0 Å². The normalized spacial score (nSPS) is 13.4. The summed E-state index contributed by atoms with van der Waals surface area (Å²) in [6.45, 7) is 6.47. The third-order valence-corrected chi connectivity index (χ3v) is 13.4. The molecular weight excluding hydrogens is 827 g/mol. The van der Waals surface area contributed by atoms with Crippen molar-refractivity contribution in [1.82, 2.24) is 5.32 Å². The molecule has 392 valence electrons. The molecule has 0 bridgehead atoms. The number of rotatable bonds is 53. The molecule has 1 amide bonds. The molecule has 0 aliphatic carbocycles. The number of carbonyl (C=O) groups is 2. The Morgan fingerprint density at radius 3 is 1.18 bits per heavy atom. The van der Waals surface area contributed by atoms with Crippen molar-refractivity contribution < 1.29 is 24.5 Å². The van der Waals surface area contributed by atoms with Crippen LogP contribution in [0.15, 0.2) is 48.6 Å². The zero-order valence-corrected chi connectivity index (χ0v) is 44.8.